The van der Waals surface area contributed by atoms with Crippen LogP contribution in [-0.4, -0.2) is 37.4 Å². The number of hydrogen-bond acceptors (Lipinski definition) is 5. The van der Waals surface area contributed by atoms with E-state index in [9.17, 15) is 4.79 Å². The van der Waals surface area contributed by atoms with Crippen LogP contribution >= 0.6 is 0 Å². The predicted octanol–water partition coefficient (Wildman–Crippen LogP) is 3.65. The van der Waals surface area contributed by atoms with Crippen LogP contribution in [0.25, 0.3) is 0 Å². The summed E-state index contributed by atoms with van der Waals surface area (Å²) in [6.07, 6.45) is 4.00. The highest BCUT2D eigenvalue weighted by molar-refractivity contribution is 5.71. The van der Waals surface area contributed by atoms with Gasteiger partial charge in [0.05, 0.1) is 6.61 Å². The highest BCUT2D eigenvalue weighted by atomic mass is 16.7. The Bertz CT molecular complexity index is 286. The second-order valence-electron chi connectivity index (χ2n) is 5.97. The molecule has 126 valence electrons. The molecular formula is C16H32O5. The van der Waals surface area contributed by atoms with Gasteiger partial charge in [0.1, 0.15) is 6.61 Å². The van der Waals surface area contributed by atoms with Gasteiger partial charge in [-0.15, -0.1) is 0 Å². The van der Waals surface area contributed by atoms with Gasteiger partial charge in [-0.1, -0.05) is 26.7 Å². The molecule has 0 aromatic carbocycles. The van der Waals surface area contributed by atoms with E-state index in [1.54, 1.807) is 27.7 Å². The van der Waals surface area contributed by atoms with Crippen LogP contribution in [0.3, 0.4) is 0 Å². The van der Waals surface area contributed by atoms with E-state index in [0.717, 1.165) is 25.7 Å². The number of rotatable bonds is 12. The van der Waals surface area contributed by atoms with Crippen molar-refractivity contribution in [3.63, 3.8) is 0 Å². The van der Waals surface area contributed by atoms with Gasteiger partial charge in [0.25, 0.3) is 0 Å². The lowest BCUT2D eigenvalue weighted by molar-refractivity contribution is -0.242. The van der Waals surface area contributed by atoms with Crippen molar-refractivity contribution in [2.45, 2.75) is 78.8 Å². The molecule has 0 saturated carbocycles. The topological polar surface area (TPSA) is 54.0 Å². The van der Waals surface area contributed by atoms with Gasteiger partial charge in [-0.25, -0.2) is 4.79 Å². The fraction of sp³-hybridized carbons (Fsp3) is 0.938. The first-order valence-corrected chi connectivity index (χ1v) is 7.86. The molecule has 0 rings (SSSR count). The predicted molar refractivity (Wildman–Crippen MR) is 81.9 cm³/mol. The van der Waals surface area contributed by atoms with Crippen molar-refractivity contribution in [3.8, 4) is 0 Å². The van der Waals surface area contributed by atoms with Crippen molar-refractivity contribution in [1.29, 1.82) is 0 Å². The van der Waals surface area contributed by atoms with E-state index < -0.39 is 17.5 Å². The van der Waals surface area contributed by atoms with Gasteiger partial charge in [0, 0.05) is 20.5 Å². The van der Waals surface area contributed by atoms with Crippen LogP contribution in [0, 0.1) is 0 Å². The normalized spacial score (nSPS) is 12.5. The van der Waals surface area contributed by atoms with E-state index in [2.05, 4.69) is 13.8 Å². The minimum Gasteiger partial charge on any atom is -0.432 e. The van der Waals surface area contributed by atoms with Crippen LogP contribution in [0.5, 0.6) is 0 Å². The van der Waals surface area contributed by atoms with Gasteiger partial charge in [0.2, 0.25) is 5.79 Å². The Balaban J connectivity index is 4.01. The van der Waals surface area contributed by atoms with Crippen LogP contribution in [0.2, 0.25) is 0 Å². The maximum atomic E-state index is 11.8. The molecule has 0 bridgehead atoms. The summed E-state index contributed by atoms with van der Waals surface area (Å²) < 4.78 is 21.8. The fourth-order valence-corrected chi connectivity index (χ4v) is 1.53. The standard InChI is InChI=1S/C16H32O5/c1-7-9-11-18-15(3,4)20-13-14(17)21-16(5,6)19-12-10-8-2/h7-13H2,1-6H3. The molecular weight excluding hydrogens is 272 g/mol. The average molecular weight is 304 g/mol. The minimum absolute atomic E-state index is 0.153. The molecule has 0 aliphatic heterocycles. The molecule has 5 nitrogen and oxygen atoms in total. The van der Waals surface area contributed by atoms with Gasteiger partial charge >= 0.3 is 5.97 Å². The van der Waals surface area contributed by atoms with E-state index in [1.165, 1.54) is 0 Å². The SMILES string of the molecule is CCCCOC(C)(C)OCC(=O)OC(C)(C)OCCCC. The molecule has 0 N–H and O–H groups in total. The minimum atomic E-state index is -0.928. The number of carbonyl (C=O) groups excluding carboxylic acids is 1. The first kappa shape index (κ1) is 20.3. The molecule has 0 saturated heterocycles. The van der Waals surface area contributed by atoms with Crippen molar-refractivity contribution in [2.24, 2.45) is 0 Å². The van der Waals surface area contributed by atoms with Crippen molar-refractivity contribution in [2.75, 3.05) is 19.8 Å². The second kappa shape index (κ2) is 10.1. The van der Waals surface area contributed by atoms with Crippen molar-refractivity contribution < 1.29 is 23.7 Å². The third-order valence-corrected chi connectivity index (χ3v) is 2.79. The maximum Gasteiger partial charge on any atom is 0.334 e. The molecule has 0 amide bonds. The van der Waals surface area contributed by atoms with Crippen molar-refractivity contribution >= 4 is 5.97 Å². The van der Waals surface area contributed by atoms with E-state index in [4.69, 9.17) is 18.9 Å². The van der Waals surface area contributed by atoms with Gasteiger partial charge in [-0.3, -0.25) is 0 Å². The molecule has 5 heteroatoms. The molecule has 0 aromatic heterocycles. The summed E-state index contributed by atoms with van der Waals surface area (Å²) in [5.74, 6) is -2.17. The molecule has 0 atom stereocenters. The maximum absolute atomic E-state index is 11.8. The van der Waals surface area contributed by atoms with Crippen LogP contribution < -0.4 is 0 Å². The Morgan fingerprint density at radius 1 is 0.810 bits per heavy atom. The molecule has 21 heavy (non-hydrogen) atoms. The van der Waals surface area contributed by atoms with Crippen LogP contribution in [-0.2, 0) is 23.7 Å². The van der Waals surface area contributed by atoms with Crippen LogP contribution in [0.15, 0.2) is 0 Å². The van der Waals surface area contributed by atoms with Crippen molar-refractivity contribution in [1.82, 2.24) is 0 Å². The second-order valence-corrected chi connectivity index (χ2v) is 5.97. The summed E-state index contributed by atoms with van der Waals surface area (Å²) >= 11 is 0. The quantitative estimate of drug-likeness (QED) is 0.313. The number of unbranched alkanes of at least 4 members (excludes halogenated alkanes) is 2. The van der Waals surface area contributed by atoms with Crippen LogP contribution in [0.4, 0.5) is 0 Å². The van der Waals surface area contributed by atoms with E-state index >= 15 is 0 Å². The molecule has 0 aromatic rings. The summed E-state index contributed by atoms with van der Waals surface area (Å²) in [6, 6.07) is 0. The van der Waals surface area contributed by atoms with Gasteiger partial charge in [-0.05, 0) is 26.7 Å². The first-order chi connectivity index (χ1) is 9.72. The first-order valence-electron chi connectivity index (χ1n) is 7.86. The zero-order chi connectivity index (χ0) is 16.4. The highest BCUT2D eigenvalue weighted by Crippen LogP contribution is 2.15. The monoisotopic (exact) mass is 304 g/mol. The third-order valence-electron chi connectivity index (χ3n) is 2.79. The fourth-order valence-electron chi connectivity index (χ4n) is 1.53. The van der Waals surface area contributed by atoms with Gasteiger partial charge in [-0.2, -0.15) is 0 Å². The molecule has 0 heterocycles. The number of hydrogen-bond donors (Lipinski definition) is 0. The Hall–Kier alpha value is -0.650. The Morgan fingerprint density at radius 2 is 1.29 bits per heavy atom. The lowest BCUT2D eigenvalue weighted by Crippen LogP contribution is -2.36. The van der Waals surface area contributed by atoms with Crippen LogP contribution in [0.1, 0.15) is 67.2 Å². The van der Waals surface area contributed by atoms with E-state index in [-0.39, 0.29) is 6.61 Å². The lowest BCUT2D eigenvalue weighted by atomic mass is 10.3. The zero-order valence-electron chi connectivity index (χ0n) is 14.5. The Labute approximate surface area is 129 Å². The summed E-state index contributed by atoms with van der Waals surface area (Å²) in [4.78, 5) is 11.8. The van der Waals surface area contributed by atoms with Gasteiger partial charge in [0.15, 0.2) is 5.79 Å². The van der Waals surface area contributed by atoms with Gasteiger partial charge < -0.3 is 18.9 Å². The zero-order valence-corrected chi connectivity index (χ0v) is 14.5. The third kappa shape index (κ3) is 11.7. The Kier molecular flexibility index (Phi) is 9.83. The number of carbonyl (C=O) groups is 1. The summed E-state index contributed by atoms with van der Waals surface area (Å²) in [6.45, 7) is 12.2. The smallest absolute Gasteiger partial charge is 0.334 e. The largest absolute Gasteiger partial charge is 0.432 e. The Morgan fingerprint density at radius 3 is 1.76 bits per heavy atom. The molecule has 0 radical (unpaired) electrons. The summed E-state index contributed by atoms with van der Waals surface area (Å²) in [5.41, 5.74) is 0. The number of ether oxygens (including phenoxy) is 4. The molecule has 0 unspecified atom stereocenters. The molecule has 0 spiro atoms. The molecule has 0 aliphatic carbocycles. The van der Waals surface area contributed by atoms with Crippen molar-refractivity contribution in [3.05, 3.63) is 0 Å². The summed E-state index contributed by atoms with van der Waals surface area (Å²) in [7, 11) is 0. The van der Waals surface area contributed by atoms with E-state index in [1.807, 2.05) is 0 Å². The average Bonchev–Trinajstić information content (AvgIpc) is 2.36. The highest BCUT2D eigenvalue weighted by Gasteiger charge is 2.26. The number of esters is 1. The van der Waals surface area contributed by atoms with E-state index in [0.29, 0.717) is 13.2 Å². The lowest BCUT2D eigenvalue weighted by Gasteiger charge is -2.28. The molecule has 0 aliphatic rings. The summed E-state index contributed by atoms with van der Waals surface area (Å²) in [5, 5.41) is 0. The molecule has 0 fully saturated rings.